The number of imide groups is 1. The molecule has 1 aliphatic rings. The summed E-state index contributed by atoms with van der Waals surface area (Å²) < 4.78 is 11.4. The van der Waals surface area contributed by atoms with Crippen LogP contribution in [0.25, 0.3) is 11.1 Å². The van der Waals surface area contributed by atoms with Crippen molar-refractivity contribution in [3.8, 4) is 11.5 Å². The van der Waals surface area contributed by atoms with Gasteiger partial charge in [-0.25, -0.2) is 0 Å². The van der Waals surface area contributed by atoms with Crippen LogP contribution in [0.3, 0.4) is 0 Å². The molecule has 1 N–H and O–H groups in total. The number of hydrogen-bond acceptors (Lipinski definition) is 6. The molecule has 2 amide bonds. The average Bonchev–Trinajstić information content (AvgIpc) is 3.09. The van der Waals surface area contributed by atoms with Crippen LogP contribution in [0.1, 0.15) is 20.7 Å². The molecule has 0 spiro atoms. The van der Waals surface area contributed by atoms with Crippen LogP contribution in [0.15, 0.2) is 40.8 Å². The molecule has 0 fully saturated rings. The third-order valence-electron chi connectivity index (χ3n) is 3.67. The quantitative estimate of drug-likeness (QED) is 0.746. The number of aromatic nitrogens is 1. The smallest absolute Gasteiger partial charge is 0.297 e. The van der Waals surface area contributed by atoms with Gasteiger partial charge in [0, 0.05) is 20.2 Å². The Morgan fingerprint density at radius 2 is 1.71 bits per heavy atom. The summed E-state index contributed by atoms with van der Waals surface area (Å²) in [6.45, 7) is 0. The molecule has 0 saturated heterocycles. The second-order valence-corrected chi connectivity index (χ2v) is 5.61. The number of nitrogens with zero attached hydrogens (tertiary/aromatic N) is 2. The van der Waals surface area contributed by atoms with Crippen molar-refractivity contribution in [1.82, 2.24) is 10.3 Å². The molecule has 0 unspecified atom stereocenters. The molecule has 24 heavy (non-hydrogen) atoms. The Hall–Kier alpha value is -3.35. The topological polar surface area (TPSA) is 84.7 Å². The predicted octanol–water partition coefficient (Wildman–Crippen LogP) is 2.57. The third kappa shape index (κ3) is 2.26. The van der Waals surface area contributed by atoms with Gasteiger partial charge in [-0.05, 0) is 30.3 Å². The highest BCUT2D eigenvalue weighted by atomic mass is 16.5. The first-order valence-corrected chi connectivity index (χ1v) is 7.27. The highest BCUT2D eigenvalue weighted by Crippen LogP contribution is 2.29. The van der Waals surface area contributed by atoms with Crippen molar-refractivity contribution in [2.45, 2.75) is 0 Å². The molecule has 4 rings (SSSR count). The van der Waals surface area contributed by atoms with Crippen LogP contribution in [-0.2, 0) is 0 Å². The monoisotopic (exact) mass is 323 g/mol. The summed E-state index contributed by atoms with van der Waals surface area (Å²) in [4.78, 5) is 29.4. The lowest BCUT2D eigenvalue weighted by Gasteiger charge is -2.06. The van der Waals surface area contributed by atoms with Crippen LogP contribution in [0, 0.1) is 0 Å². The Morgan fingerprint density at radius 3 is 2.50 bits per heavy atom. The lowest BCUT2D eigenvalue weighted by atomic mass is 10.1. The van der Waals surface area contributed by atoms with Gasteiger partial charge in [-0.3, -0.25) is 14.9 Å². The molecule has 2 heterocycles. The zero-order valence-corrected chi connectivity index (χ0v) is 13.0. The molecule has 0 atom stereocenters. The standard InChI is InChI=1S/C17H13N3O4/c1-20(2)17-18-13-8-10(4-6-14(13)24-17)23-9-3-5-11-12(7-9)16(22)19-15(11)21/h3-8H,1-2H3,(H,19,21,22). The van der Waals surface area contributed by atoms with Gasteiger partial charge < -0.3 is 14.1 Å². The molecule has 0 bridgehead atoms. The lowest BCUT2D eigenvalue weighted by Crippen LogP contribution is -2.19. The molecule has 120 valence electrons. The fourth-order valence-corrected chi connectivity index (χ4v) is 2.50. The van der Waals surface area contributed by atoms with Crippen LogP contribution >= 0.6 is 0 Å². The number of oxazole rings is 1. The number of rotatable bonds is 3. The van der Waals surface area contributed by atoms with Crippen molar-refractivity contribution in [3.05, 3.63) is 47.5 Å². The van der Waals surface area contributed by atoms with Gasteiger partial charge in [0.15, 0.2) is 5.58 Å². The van der Waals surface area contributed by atoms with Crippen LogP contribution in [0.5, 0.6) is 11.5 Å². The van der Waals surface area contributed by atoms with E-state index in [-0.39, 0.29) is 5.91 Å². The fraction of sp³-hybridized carbons (Fsp3) is 0.118. The number of amides is 2. The van der Waals surface area contributed by atoms with E-state index in [1.807, 2.05) is 14.1 Å². The highest BCUT2D eigenvalue weighted by molar-refractivity contribution is 6.21. The van der Waals surface area contributed by atoms with E-state index in [1.165, 1.54) is 0 Å². The van der Waals surface area contributed by atoms with Crippen molar-refractivity contribution in [3.63, 3.8) is 0 Å². The second kappa shape index (κ2) is 5.09. The van der Waals surface area contributed by atoms with E-state index >= 15 is 0 Å². The molecule has 7 nitrogen and oxygen atoms in total. The summed E-state index contributed by atoms with van der Waals surface area (Å²) in [5.41, 5.74) is 2.00. The first kappa shape index (κ1) is 14.3. The number of ether oxygens (including phenoxy) is 1. The zero-order chi connectivity index (χ0) is 16.8. The molecule has 1 aromatic heterocycles. The molecular weight excluding hydrogens is 310 g/mol. The van der Waals surface area contributed by atoms with Gasteiger partial charge in [0.05, 0.1) is 11.1 Å². The van der Waals surface area contributed by atoms with Crippen LogP contribution in [-0.4, -0.2) is 30.9 Å². The SMILES string of the molecule is CN(C)c1nc2cc(Oc3ccc4c(c3)C(=O)NC4=O)ccc2o1. The average molecular weight is 323 g/mol. The van der Waals surface area contributed by atoms with Crippen molar-refractivity contribution in [1.29, 1.82) is 0 Å². The Kier molecular flexibility index (Phi) is 3.02. The molecule has 0 aliphatic carbocycles. The Morgan fingerprint density at radius 1 is 1.00 bits per heavy atom. The normalized spacial score (nSPS) is 13.1. The van der Waals surface area contributed by atoms with Crippen molar-refractivity contribution in [2.75, 3.05) is 19.0 Å². The number of hydrogen-bond donors (Lipinski definition) is 1. The molecule has 0 radical (unpaired) electrons. The van der Waals surface area contributed by atoms with Gasteiger partial charge in [-0.1, -0.05) is 0 Å². The summed E-state index contributed by atoms with van der Waals surface area (Å²) in [6.07, 6.45) is 0. The number of anilines is 1. The molecular formula is C17H13N3O4. The maximum Gasteiger partial charge on any atom is 0.297 e. The van der Waals surface area contributed by atoms with E-state index in [9.17, 15) is 9.59 Å². The van der Waals surface area contributed by atoms with E-state index in [1.54, 1.807) is 41.3 Å². The van der Waals surface area contributed by atoms with Crippen LogP contribution < -0.4 is 15.0 Å². The molecule has 0 saturated carbocycles. The van der Waals surface area contributed by atoms with Gasteiger partial charge in [0.2, 0.25) is 0 Å². The van der Waals surface area contributed by atoms with Gasteiger partial charge in [0.1, 0.15) is 17.0 Å². The number of fused-ring (bicyclic) bond motifs is 2. The van der Waals surface area contributed by atoms with Crippen LogP contribution in [0.4, 0.5) is 6.01 Å². The largest absolute Gasteiger partial charge is 0.457 e. The van der Waals surface area contributed by atoms with Crippen molar-refractivity contribution in [2.24, 2.45) is 0 Å². The van der Waals surface area contributed by atoms with Gasteiger partial charge >= 0.3 is 0 Å². The van der Waals surface area contributed by atoms with E-state index in [4.69, 9.17) is 9.15 Å². The van der Waals surface area contributed by atoms with E-state index in [0.29, 0.717) is 39.7 Å². The summed E-state index contributed by atoms with van der Waals surface area (Å²) in [5.74, 6) is 0.227. The summed E-state index contributed by atoms with van der Waals surface area (Å²) in [7, 11) is 3.69. The molecule has 7 heteroatoms. The number of carbonyl (C=O) groups is 2. The minimum atomic E-state index is -0.414. The third-order valence-corrected chi connectivity index (χ3v) is 3.67. The van der Waals surface area contributed by atoms with Crippen LogP contribution in [0.2, 0.25) is 0 Å². The summed E-state index contributed by atoms with van der Waals surface area (Å²) in [5, 5.41) is 2.25. The van der Waals surface area contributed by atoms with E-state index in [2.05, 4.69) is 10.3 Å². The summed E-state index contributed by atoms with van der Waals surface area (Å²) >= 11 is 0. The van der Waals surface area contributed by atoms with Gasteiger partial charge in [-0.15, -0.1) is 0 Å². The van der Waals surface area contributed by atoms with Gasteiger partial charge in [-0.2, -0.15) is 4.98 Å². The molecule has 2 aromatic carbocycles. The second-order valence-electron chi connectivity index (χ2n) is 5.61. The maximum absolute atomic E-state index is 11.7. The minimum absolute atomic E-state index is 0.315. The molecule has 1 aliphatic heterocycles. The maximum atomic E-state index is 11.7. The minimum Gasteiger partial charge on any atom is -0.457 e. The Bertz CT molecular complexity index is 991. The fourth-order valence-electron chi connectivity index (χ4n) is 2.50. The van der Waals surface area contributed by atoms with E-state index in [0.717, 1.165) is 0 Å². The lowest BCUT2D eigenvalue weighted by molar-refractivity contribution is 0.0879. The molecule has 3 aromatic rings. The number of nitrogens with one attached hydrogen (secondary N) is 1. The highest BCUT2D eigenvalue weighted by Gasteiger charge is 2.27. The van der Waals surface area contributed by atoms with Crippen molar-refractivity contribution >= 4 is 28.9 Å². The Labute approximate surface area is 136 Å². The predicted molar refractivity (Wildman–Crippen MR) is 86.6 cm³/mol. The zero-order valence-electron chi connectivity index (χ0n) is 13.0. The van der Waals surface area contributed by atoms with Gasteiger partial charge in [0.25, 0.3) is 17.8 Å². The number of carbonyl (C=O) groups excluding carboxylic acids is 2. The first-order valence-electron chi connectivity index (χ1n) is 7.27. The number of benzene rings is 2. The van der Waals surface area contributed by atoms with Crippen molar-refractivity contribution < 1.29 is 18.7 Å². The van der Waals surface area contributed by atoms with E-state index < -0.39 is 5.91 Å². The summed E-state index contributed by atoms with van der Waals surface area (Å²) in [6, 6.07) is 10.6. The first-order chi connectivity index (χ1) is 11.5. The Balaban J connectivity index is 1.66.